The minimum atomic E-state index is -0.622. The van der Waals surface area contributed by atoms with Crippen molar-refractivity contribution in [3.63, 3.8) is 0 Å². The Morgan fingerprint density at radius 1 is 1.12 bits per heavy atom. The highest BCUT2D eigenvalue weighted by Gasteiger charge is 2.20. The topological polar surface area (TPSA) is 92.8 Å². The molecule has 0 unspecified atom stereocenters. The molecule has 2 aromatic carbocycles. The predicted octanol–water partition coefficient (Wildman–Crippen LogP) is 5.98. The van der Waals surface area contributed by atoms with Crippen LogP contribution in [0.5, 0.6) is 0 Å². The lowest BCUT2D eigenvalue weighted by atomic mass is 10.00. The van der Waals surface area contributed by atoms with Gasteiger partial charge in [-0.3, -0.25) is 9.58 Å². The van der Waals surface area contributed by atoms with Crippen LogP contribution in [0.1, 0.15) is 6.92 Å². The van der Waals surface area contributed by atoms with Crippen molar-refractivity contribution in [2.45, 2.75) is 13.5 Å². The van der Waals surface area contributed by atoms with E-state index in [4.69, 9.17) is 22.4 Å². The van der Waals surface area contributed by atoms with Crippen molar-refractivity contribution >= 4 is 40.0 Å². The van der Waals surface area contributed by atoms with E-state index in [2.05, 4.69) is 9.97 Å². The average molecular weight is 457 g/mol. The number of nitrogens with zero attached hydrogens (tertiary/aromatic N) is 4. The number of primary amides is 1. The lowest BCUT2D eigenvalue weighted by Gasteiger charge is -2.22. The minimum Gasteiger partial charge on any atom is -0.351 e. The molecule has 2 amide bonds. The number of pyridine rings is 1. The number of nitrogens with two attached hydrogens (primary N) is 1. The van der Waals surface area contributed by atoms with Crippen LogP contribution in [0.2, 0.25) is 5.02 Å². The van der Waals surface area contributed by atoms with Crippen LogP contribution in [-0.2, 0) is 6.54 Å². The van der Waals surface area contributed by atoms with Crippen LogP contribution >= 0.6 is 11.6 Å². The van der Waals surface area contributed by atoms with Gasteiger partial charge >= 0.3 is 6.03 Å². The minimum absolute atomic E-state index is 0.435. The number of halogens is 1. The third-order valence-electron chi connectivity index (χ3n) is 5.53. The maximum atomic E-state index is 12.4. The average Bonchev–Trinajstić information content (AvgIpc) is 3.47. The Kier molecular flexibility index (Phi) is 5.32. The van der Waals surface area contributed by atoms with Crippen molar-refractivity contribution in [2.24, 2.45) is 5.73 Å². The maximum absolute atomic E-state index is 12.4. The number of urea groups is 1. The molecule has 0 atom stereocenters. The second-order valence-electron chi connectivity index (χ2n) is 7.52. The first-order valence-electron chi connectivity index (χ1n) is 10.5. The molecule has 0 spiro atoms. The third-order valence-corrected chi connectivity index (χ3v) is 5.85. The van der Waals surface area contributed by atoms with E-state index in [9.17, 15) is 4.79 Å². The molecule has 0 saturated carbocycles. The largest absolute Gasteiger partial charge is 0.351 e. The van der Waals surface area contributed by atoms with E-state index in [-0.39, 0.29) is 0 Å². The lowest BCUT2D eigenvalue weighted by molar-refractivity contribution is 0.256. The summed E-state index contributed by atoms with van der Waals surface area (Å²) in [6, 6.07) is 18.0. The van der Waals surface area contributed by atoms with Gasteiger partial charge in [-0.25, -0.2) is 9.78 Å². The van der Waals surface area contributed by atoms with Crippen molar-refractivity contribution in [1.82, 2.24) is 19.7 Å². The monoisotopic (exact) mass is 456 g/mol. The van der Waals surface area contributed by atoms with Gasteiger partial charge in [0.1, 0.15) is 11.3 Å². The zero-order valence-electron chi connectivity index (χ0n) is 17.9. The van der Waals surface area contributed by atoms with Gasteiger partial charge in [0.15, 0.2) is 0 Å². The summed E-state index contributed by atoms with van der Waals surface area (Å²) < 4.78 is 1.90. The third kappa shape index (κ3) is 3.72. The Morgan fingerprint density at radius 3 is 2.76 bits per heavy atom. The zero-order valence-corrected chi connectivity index (χ0v) is 18.6. The van der Waals surface area contributed by atoms with E-state index in [1.54, 1.807) is 18.3 Å². The molecule has 33 heavy (non-hydrogen) atoms. The number of aromatic nitrogens is 4. The molecule has 3 aromatic heterocycles. The fourth-order valence-electron chi connectivity index (χ4n) is 4.00. The number of rotatable bonds is 5. The molecule has 5 aromatic rings. The second-order valence-corrected chi connectivity index (χ2v) is 7.93. The summed E-state index contributed by atoms with van der Waals surface area (Å²) in [6.07, 6.45) is 5.69. The van der Waals surface area contributed by atoms with Crippen molar-refractivity contribution in [2.75, 3.05) is 4.90 Å². The molecule has 3 N–H and O–H groups in total. The summed E-state index contributed by atoms with van der Waals surface area (Å²) in [6.45, 7) is 2.77. The normalized spacial score (nSPS) is 11.1. The molecule has 3 heterocycles. The molecule has 0 fully saturated rings. The van der Waals surface area contributed by atoms with Crippen LogP contribution in [-0.4, -0.2) is 25.8 Å². The number of H-pyrrole nitrogens is 1. The number of nitrogens with one attached hydrogen (secondary N) is 1. The van der Waals surface area contributed by atoms with E-state index < -0.39 is 6.03 Å². The molecule has 0 aliphatic heterocycles. The molecule has 164 valence electrons. The smallest absolute Gasteiger partial charge is 0.323 e. The number of hydrogen-bond acceptors (Lipinski definition) is 3. The Bertz CT molecular complexity index is 1470. The summed E-state index contributed by atoms with van der Waals surface area (Å²) in [5.74, 6) is 0. The van der Waals surface area contributed by atoms with Gasteiger partial charge in [0, 0.05) is 41.6 Å². The number of aryl methyl sites for hydroxylation is 1. The second kappa shape index (κ2) is 8.44. The maximum Gasteiger partial charge on any atom is 0.323 e. The molecule has 0 aliphatic carbocycles. The summed E-state index contributed by atoms with van der Waals surface area (Å²) in [7, 11) is 0. The van der Waals surface area contributed by atoms with Crippen molar-refractivity contribution in [3.05, 3.63) is 84.3 Å². The Labute approximate surface area is 195 Å². The van der Waals surface area contributed by atoms with Gasteiger partial charge in [-0.1, -0.05) is 35.9 Å². The number of carbonyl (C=O) groups is 1. The fourth-order valence-corrected chi connectivity index (χ4v) is 4.22. The quantitative estimate of drug-likeness (QED) is 0.340. The van der Waals surface area contributed by atoms with E-state index in [0.717, 1.165) is 40.0 Å². The lowest BCUT2D eigenvalue weighted by Crippen LogP contribution is -2.31. The van der Waals surface area contributed by atoms with Crippen LogP contribution in [0.4, 0.5) is 16.2 Å². The fraction of sp³-hybridized carbons (Fsp3) is 0.0800. The van der Waals surface area contributed by atoms with E-state index in [0.29, 0.717) is 16.4 Å². The zero-order chi connectivity index (χ0) is 22.9. The highest BCUT2D eigenvalue weighted by atomic mass is 35.5. The van der Waals surface area contributed by atoms with E-state index in [1.807, 2.05) is 72.5 Å². The Morgan fingerprint density at radius 2 is 1.97 bits per heavy atom. The Hall–Kier alpha value is -4.10. The van der Waals surface area contributed by atoms with Gasteiger partial charge < -0.3 is 10.7 Å². The summed E-state index contributed by atoms with van der Waals surface area (Å²) in [5, 5.41) is 6.28. The number of fused-ring (bicyclic) bond motifs is 1. The first-order valence-corrected chi connectivity index (χ1v) is 10.9. The van der Waals surface area contributed by atoms with Crippen LogP contribution in [0.25, 0.3) is 33.4 Å². The molecular formula is C25H21ClN6O. The predicted molar refractivity (Wildman–Crippen MR) is 132 cm³/mol. The van der Waals surface area contributed by atoms with Crippen molar-refractivity contribution < 1.29 is 4.79 Å². The molecule has 5 rings (SSSR count). The SMILES string of the molecule is CCn1cc(-c2ccnc3[nH]ccc23)c(-c2cccc(N(C(N)=O)c3ccccc3Cl)c2)n1. The molecule has 0 bridgehead atoms. The first-order chi connectivity index (χ1) is 16.1. The number of aromatic amines is 1. The van der Waals surface area contributed by atoms with Gasteiger partial charge in [-0.15, -0.1) is 0 Å². The number of hydrogen-bond donors (Lipinski definition) is 2. The van der Waals surface area contributed by atoms with Crippen molar-refractivity contribution in [3.8, 4) is 22.4 Å². The number of amides is 2. The highest BCUT2D eigenvalue weighted by molar-refractivity contribution is 6.34. The standard InChI is InChI=1S/C25H21ClN6O/c1-2-31-15-20(18-10-12-28-24-19(18)11-13-29-24)23(30-31)16-6-5-7-17(14-16)32(25(27)33)22-9-4-3-8-21(22)26/h3-15H,2H2,1H3,(H2,27,33)(H,28,29). The molecule has 0 radical (unpaired) electrons. The van der Waals surface area contributed by atoms with Crippen LogP contribution in [0, 0.1) is 0 Å². The number of carbonyl (C=O) groups excluding carboxylic acids is 1. The Balaban J connectivity index is 1.67. The van der Waals surface area contributed by atoms with Gasteiger partial charge in [-0.05, 0) is 48.9 Å². The van der Waals surface area contributed by atoms with E-state index >= 15 is 0 Å². The summed E-state index contributed by atoms with van der Waals surface area (Å²) in [5.41, 5.74) is 11.4. The van der Waals surface area contributed by atoms with Crippen molar-refractivity contribution in [1.29, 1.82) is 0 Å². The van der Waals surface area contributed by atoms with Gasteiger partial charge in [0.05, 0.1) is 16.4 Å². The first kappa shape index (κ1) is 20.8. The molecule has 8 heteroatoms. The molecule has 0 saturated heterocycles. The van der Waals surface area contributed by atoms with Gasteiger partial charge in [-0.2, -0.15) is 5.10 Å². The molecule has 0 aliphatic rings. The number of benzene rings is 2. The molecule has 7 nitrogen and oxygen atoms in total. The summed E-state index contributed by atoms with van der Waals surface area (Å²) in [4.78, 5) is 21.4. The van der Waals surface area contributed by atoms with E-state index in [1.165, 1.54) is 4.90 Å². The highest BCUT2D eigenvalue weighted by Crippen LogP contribution is 2.38. The number of anilines is 2. The number of para-hydroxylation sites is 1. The van der Waals surface area contributed by atoms with Gasteiger partial charge in [0.25, 0.3) is 0 Å². The molecular weight excluding hydrogens is 436 g/mol. The van der Waals surface area contributed by atoms with Crippen LogP contribution in [0.15, 0.2) is 79.3 Å². The van der Waals surface area contributed by atoms with Crippen LogP contribution < -0.4 is 10.6 Å². The van der Waals surface area contributed by atoms with Gasteiger partial charge in [0.2, 0.25) is 0 Å². The summed E-state index contributed by atoms with van der Waals surface area (Å²) >= 11 is 6.37. The van der Waals surface area contributed by atoms with Crippen LogP contribution in [0.3, 0.4) is 0 Å².